The van der Waals surface area contributed by atoms with E-state index in [1.165, 1.54) is 0 Å². The first-order chi connectivity index (χ1) is 12.0. The van der Waals surface area contributed by atoms with Gasteiger partial charge in [-0.3, -0.25) is 4.79 Å². The lowest BCUT2D eigenvalue weighted by Crippen LogP contribution is -2.21. The molecule has 0 radical (unpaired) electrons. The van der Waals surface area contributed by atoms with Crippen LogP contribution in [0.5, 0.6) is 0 Å². The average Bonchev–Trinajstić information content (AvgIpc) is 2.82. The summed E-state index contributed by atoms with van der Waals surface area (Å²) in [5, 5.41) is 39.0. The van der Waals surface area contributed by atoms with Crippen molar-refractivity contribution >= 4 is 5.97 Å². The molecule has 0 saturated heterocycles. The molecule has 0 aromatic carbocycles. The number of unbranched alkanes of at least 4 members (excludes halogenated alkanes) is 5. The Morgan fingerprint density at radius 2 is 1.80 bits per heavy atom. The highest BCUT2D eigenvalue weighted by atomic mass is 16.4. The fourth-order valence-electron chi connectivity index (χ4n) is 3.74. The normalized spacial score (nSPS) is 27.8. The number of rotatable bonds is 13. The Morgan fingerprint density at radius 1 is 1.08 bits per heavy atom. The first-order valence-corrected chi connectivity index (χ1v) is 9.90. The molecule has 1 aliphatic carbocycles. The van der Waals surface area contributed by atoms with Crippen molar-refractivity contribution in [2.75, 3.05) is 0 Å². The fraction of sp³-hybridized carbons (Fsp3) is 0.850. The average molecular weight is 357 g/mol. The van der Waals surface area contributed by atoms with Crippen molar-refractivity contribution in [2.45, 2.75) is 95.9 Å². The van der Waals surface area contributed by atoms with Crippen LogP contribution in [0, 0.1) is 11.8 Å². The molecule has 146 valence electrons. The third kappa shape index (κ3) is 8.84. The van der Waals surface area contributed by atoms with E-state index in [2.05, 4.69) is 6.92 Å². The van der Waals surface area contributed by atoms with Gasteiger partial charge in [0.25, 0.3) is 0 Å². The van der Waals surface area contributed by atoms with Crippen LogP contribution < -0.4 is 0 Å². The summed E-state index contributed by atoms with van der Waals surface area (Å²) in [5.41, 5.74) is 0. The second-order valence-electron chi connectivity index (χ2n) is 7.41. The second kappa shape index (κ2) is 12.4. The summed E-state index contributed by atoms with van der Waals surface area (Å²) in [6.07, 6.45) is 11.0. The minimum absolute atomic E-state index is 0.0218. The van der Waals surface area contributed by atoms with E-state index in [0.29, 0.717) is 12.8 Å². The van der Waals surface area contributed by atoms with E-state index in [9.17, 15) is 20.1 Å². The fourth-order valence-corrected chi connectivity index (χ4v) is 3.74. The van der Waals surface area contributed by atoms with E-state index >= 15 is 0 Å². The molecule has 5 atom stereocenters. The number of carboxylic acids is 1. The molecule has 0 amide bonds. The SMILES string of the molecule is CCCCCC(O)/C=C/[C@H]1C(O)C[C@@H](O)C1CCCCCCC(=O)O. The molecule has 0 heterocycles. The summed E-state index contributed by atoms with van der Waals surface area (Å²) < 4.78 is 0. The number of aliphatic hydroxyl groups is 3. The van der Waals surface area contributed by atoms with Crippen LogP contribution in [0.4, 0.5) is 0 Å². The van der Waals surface area contributed by atoms with Crippen molar-refractivity contribution in [1.29, 1.82) is 0 Å². The van der Waals surface area contributed by atoms with Gasteiger partial charge in [-0.2, -0.15) is 0 Å². The van der Waals surface area contributed by atoms with Gasteiger partial charge in [0.05, 0.1) is 18.3 Å². The molecule has 5 nitrogen and oxygen atoms in total. The minimum atomic E-state index is -0.753. The molecule has 25 heavy (non-hydrogen) atoms. The molecule has 5 heteroatoms. The molecule has 0 aromatic heterocycles. The molecule has 0 spiro atoms. The van der Waals surface area contributed by atoms with Crippen LogP contribution in [0.15, 0.2) is 12.2 Å². The maximum absolute atomic E-state index is 10.5. The second-order valence-corrected chi connectivity index (χ2v) is 7.41. The van der Waals surface area contributed by atoms with E-state index in [1.807, 2.05) is 6.08 Å². The standard InChI is InChI=1S/C20H36O5/c1-2-3-6-9-15(21)12-13-17-16(18(22)14-19(17)23)10-7-4-5-8-11-20(24)25/h12-13,15-19,21-23H,2-11,14H2,1H3,(H,24,25)/b13-12+/t15?,16?,17-,18-,19?/m1/s1. The molecule has 1 aliphatic rings. The van der Waals surface area contributed by atoms with Crippen molar-refractivity contribution < 1.29 is 25.2 Å². The Kier molecular flexibility index (Phi) is 11.0. The molecule has 0 aliphatic heterocycles. The smallest absolute Gasteiger partial charge is 0.303 e. The molecule has 0 aromatic rings. The van der Waals surface area contributed by atoms with Crippen LogP contribution in [-0.4, -0.2) is 44.7 Å². The minimum Gasteiger partial charge on any atom is -0.481 e. The Balaban J connectivity index is 2.38. The lowest BCUT2D eigenvalue weighted by atomic mass is 9.88. The van der Waals surface area contributed by atoms with Crippen LogP contribution in [0.1, 0.15) is 77.6 Å². The molecule has 1 fully saturated rings. The van der Waals surface area contributed by atoms with Gasteiger partial charge >= 0.3 is 5.97 Å². The highest BCUT2D eigenvalue weighted by Gasteiger charge is 2.39. The van der Waals surface area contributed by atoms with Gasteiger partial charge in [0.2, 0.25) is 0 Å². The zero-order chi connectivity index (χ0) is 18.7. The van der Waals surface area contributed by atoms with E-state index in [0.717, 1.165) is 51.4 Å². The summed E-state index contributed by atoms with van der Waals surface area (Å²) in [4.78, 5) is 10.5. The van der Waals surface area contributed by atoms with Crippen LogP contribution in [-0.2, 0) is 4.79 Å². The Bertz CT molecular complexity index is 396. The summed E-state index contributed by atoms with van der Waals surface area (Å²) in [6.45, 7) is 2.13. The molecule has 3 unspecified atom stereocenters. The van der Waals surface area contributed by atoms with Gasteiger partial charge in [0.1, 0.15) is 0 Å². The molecule has 1 rings (SSSR count). The summed E-state index contributed by atoms with van der Waals surface area (Å²) in [5.74, 6) is -0.833. The largest absolute Gasteiger partial charge is 0.481 e. The molecule has 4 N–H and O–H groups in total. The number of carboxylic acid groups (broad SMARTS) is 1. The number of carbonyl (C=O) groups is 1. The van der Waals surface area contributed by atoms with Gasteiger partial charge in [0, 0.05) is 18.8 Å². The Labute approximate surface area is 151 Å². The summed E-state index contributed by atoms with van der Waals surface area (Å²) >= 11 is 0. The maximum Gasteiger partial charge on any atom is 0.303 e. The van der Waals surface area contributed by atoms with E-state index in [4.69, 9.17) is 5.11 Å². The lowest BCUT2D eigenvalue weighted by molar-refractivity contribution is -0.137. The topological polar surface area (TPSA) is 98.0 Å². The van der Waals surface area contributed by atoms with Crippen LogP contribution >= 0.6 is 0 Å². The third-order valence-electron chi connectivity index (χ3n) is 5.25. The predicted molar refractivity (Wildman–Crippen MR) is 98.2 cm³/mol. The van der Waals surface area contributed by atoms with Crippen molar-refractivity contribution in [2.24, 2.45) is 11.8 Å². The first kappa shape index (κ1) is 22.1. The Morgan fingerprint density at radius 3 is 2.48 bits per heavy atom. The molecular formula is C20H36O5. The van der Waals surface area contributed by atoms with Crippen LogP contribution in [0.3, 0.4) is 0 Å². The van der Waals surface area contributed by atoms with Gasteiger partial charge in [-0.15, -0.1) is 0 Å². The third-order valence-corrected chi connectivity index (χ3v) is 5.25. The highest BCUT2D eigenvalue weighted by Crippen LogP contribution is 2.37. The maximum atomic E-state index is 10.5. The quantitative estimate of drug-likeness (QED) is 0.300. The Hall–Kier alpha value is -0.910. The van der Waals surface area contributed by atoms with Crippen LogP contribution in [0.2, 0.25) is 0 Å². The van der Waals surface area contributed by atoms with Crippen molar-refractivity contribution in [3.05, 3.63) is 12.2 Å². The molecular weight excluding hydrogens is 320 g/mol. The predicted octanol–water partition coefficient (Wildman–Crippen LogP) is 3.27. The number of aliphatic hydroxyl groups excluding tert-OH is 3. The number of hydrogen-bond donors (Lipinski definition) is 4. The lowest BCUT2D eigenvalue weighted by Gasteiger charge is -2.21. The van der Waals surface area contributed by atoms with E-state index in [-0.39, 0.29) is 18.3 Å². The molecule has 1 saturated carbocycles. The van der Waals surface area contributed by atoms with E-state index in [1.54, 1.807) is 6.08 Å². The van der Waals surface area contributed by atoms with Crippen molar-refractivity contribution in [1.82, 2.24) is 0 Å². The summed E-state index contributed by atoms with van der Waals surface area (Å²) in [6, 6.07) is 0. The highest BCUT2D eigenvalue weighted by molar-refractivity contribution is 5.66. The number of hydrogen-bond acceptors (Lipinski definition) is 4. The van der Waals surface area contributed by atoms with Crippen molar-refractivity contribution in [3.63, 3.8) is 0 Å². The zero-order valence-corrected chi connectivity index (χ0v) is 15.5. The molecule has 0 bridgehead atoms. The first-order valence-electron chi connectivity index (χ1n) is 9.90. The monoisotopic (exact) mass is 356 g/mol. The van der Waals surface area contributed by atoms with E-state index < -0.39 is 24.3 Å². The zero-order valence-electron chi connectivity index (χ0n) is 15.5. The van der Waals surface area contributed by atoms with Gasteiger partial charge in [-0.05, 0) is 25.2 Å². The van der Waals surface area contributed by atoms with Gasteiger partial charge < -0.3 is 20.4 Å². The van der Waals surface area contributed by atoms with Gasteiger partial charge in [-0.1, -0.05) is 57.6 Å². The summed E-state index contributed by atoms with van der Waals surface area (Å²) in [7, 11) is 0. The van der Waals surface area contributed by atoms with Crippen molar-refractivity contribution in [3.8, 4) is 0 Å². The van der Waals surface area contributed by atoms with Gasteiger partial charge in [0.15, 0.2) is 0 Å². The van der Waals surface area contributed by atoms with Gasteiger partial charge in [-0.25, -0.2) is 0 Å². The number of aliphatic carboxylic acids is 1. The van der Waals surface area contributed by atoms with Crippen LogP contribution in [0.25, 0.3) is 0 Å².